The Bertz CT molecular complexity index is 761. The Labute approximate surface area is 148 Å². The Morgan fingerprint density at radius 3 is 2.72 bits per heavy atom. The molecule has 2 saturated heterocycles. The minimum Gasteiger partial charge on any atom is -0.396 e. The monoisotopic (exact) mass is 337 g/mol. The summed E-state index contributed by atoms with van der Waals surface area (Å²) in [6.45, 7) is 2.62. The summed E-state index contributed by atoms with van der Waals surface area (Å²) in [5.74, 6) is 0.368. The van der Waals surface area contributed by atoms with Crippen molar-refractivity contribution in [3.63, 3.8) is 0 Å². The number of aliphatic hydroxyl groups is 1. The van der Waals surface area contributed by atoms with Crippen LogP contribution in [0.3, 0.4) is 0 Å². The van der Waals surface area contributed by atoms with Gasteiger partial charge < -0.3 is 14.7 Å². The first-order chi connectivity index (χ1) is 12.2. The number of nitrogens with zero attached hydrogens (tertiary/aromatic N) is 1. The van der Waals surface area contributed by atoms with E-state index in [1.807, 2.05) is 59.5 Å². The van der Waals surface area contributed by atoms with E-state index in [4.69, 9.17) is 4.74 Å². The highest BCUT2D eigenvalue weighted by atomic mass is 16.5. The number of hydrogen-bond acceptors (Lipinski definition) is 3. The molecule has 4 nitrogen and oxygen atoms in total. The second-order valence-corrected chi connectivity index (χ2v) is 7.19. The Morgan fingerprint density at radius 1 is 1.16 bits per heavy atom. The van der Waals surface area contributed by atoms with Crippen LogP contribution in [-0.4, -0.2) is 48.8 Å². The number of fused-ring (bicyclic) bond motifs is 1. The van der Waals surface area contributed by atoms with Gasteiger partial charge in [0, 0.05) is 30.7 Å². The van der Waals surface area contributed by atoms with Crippen molar-refractivity contribution in [1.82, 2.24) is 4.90 Å². The van der Waals surface area contributed by atoms with Gasteiger partial charge in [0.1, 0.15) is 0 Å². The molecule has 0 spiro atoms. The number of aliphatic hydroxyl groups excluding tert-OH is 1. The third-order valence-corrected chi connectivity index (χ3v) is 5.63. The first-order valence-corrected chi connectivity index (χ1v) is 8.85. The maximum atomic E-state index is 13.0. The van der Waals surface area contributed by atoms with Crippen LogP contribution in [0.2, 0.25) is 0 Å². The Kier molecular flexibility index (Phi) is 4.32. The number of benzene rings is 2. The SMILES string of the molecule is O=C(c1cccc(-c2ccccc2)c1)N1C[C@@H]2CCOC[C@]2(CO)C1. The van der Waals surface area contributed by atoms with Crippen molar-refractivity contribution in [2.75, 3.05) is 32.9 Å². The van der Waals surface area contributed by atoms with Crippen LogP contribution in [0.4, 0.5) is 0 Å². The van der Waals surface area contributed by atoms with E-state index >= 15 is 0 Å². The lowest BCUT2D eigenvalue weighted by molar-refractivity contribution is -0.0556. The summed E-state index contributed by atoms with van der Waals surface area (Å²) in [5, 5.41) is 9.90. The summed E-state index contributed by atoms with van der Waals surface area (Å²) in [7, 11) is 0. The lowest BCUT2D eigenvalue weighted by Gasteiger charge is -2.36. The molecule has 0 bridgehead atoms. The molecule has 1 N–H and O–H groups in total. The number of carbonyl (C=O) groups excluding carboxylic acids is 1. The Morgan fingerprint density at radius 2 is 1.96 bits per heavy atom. The first kappa shape index (κ1) is 16.3. The van der Waals surface area contributed by atoms with E-state index in [1.165, 1.54) is 0 Å². The molecule has 4 rings (SSSR count). The normalized spacial score (nSPS) is 25.6. The van der Waals surface area contributed by atoms with Gasteiger partial charge in [-0.2, -0.15) is 0 Å². The summed E-state index contributed by atoms with van der Waals surface area (Å²) in [5.41, 5.74) is 2.56. The molecule has 2 atom stereocenters. The quantitative estimate of drug-likeness (QED) is 0.937. The second-order valence-electron chi connectivity index (χ2n) is 7.19. The summed E-state index contributed by atoms with van der Waals surface area (Å²) < 4.78 is 5.59. The number of ether oxygens (including phenoxy) is 1. The molecule has 2 aromatic carbocycles. The number of rotatable bonds is 3. The molecule has 0 aliphatic carbocycles. The van der Waals surface area contributed by atoms with Gasteiger partial charge in [-0.25, -0.2) is 0 Å². The van der Waals surface area contributed by atoms with Gasteiger partial charge in [0.05, 0.1) is 13.2 Å². The predicted octanol–water partition coefficient (Wildman–Crippen LogP) is 2.82. The summed E-state index contributed by atoms with van der Waals surface area (Å²) in [6.07, 6.45) is 0.911. The largest absolute Gasteiger partial charge is 0.396 e. The van der Waals surface area contributed by atoms with Crippen LogP contribution in [0, 0.1) is 11.3 Å². The molecule has 2 aromatic rings. The number of hydrogen-bond donors (Lipinski definition) is 1. The van der Waals surface area contributed by atoms with Gasteiger partial charge >= 0.3 is 0 Å². The van der Waals surface area contributed by atoms with Crippen LogP contribution in [0.5, 0.6) is 0 Å². The zero-order chi connectivity index (χ0) is 17.3. The molecule has 2 heterocycles. The van der Waals surface area contributed by atoms with E-state index in [1.54, 1.807) is 0 Å². The maximum Gasteiger partial charge on any atom is 0.253 e. The molecule has 25 heavy (non-hydrogen) atoms. The summed E-state index contributed by atoms with van der Waals surface area (Å²) >= 11 is 0. The van der Waals surface area contributed by atoms with Crippen LogP contribution in [0.1, 0.15) is 16.8 Å². The van der Waals surface area contributed by atoms with E-state index in [2.05, 4.69) is 0 Å². The van der Waals surface area contributed by atoms with Crippen molar-refractivity contribution in [3.05, 3.63) is 60.2 Å². The third kappa shape index (κ3) is 2.96. The molecule has 0 saturated carbocycles. The Hall–Kier alpha value is -2.17. The summed E-state index contributed by atoms with van der Waals surface area (Å²) in [4.78, 5) is 14.9. The molecule has 0 unspecified atom stereocenters. The van der Waals surface area contributed by atoms with Crippen molar-refractivity contribution in [2.24, 2.45) is 11.3 Å². The van der Waals surface area contributed by atoms with Crippen molar-refractivity contribution in [3.8, 4) is 11.1 Å². The van der Waals surface area contributed by atoms with Gasteiger partial charge in [-0.1, -0.05) is 42.5 Å². The van der Waals surface area contributed by atoms with E-state index in [9.17, 15) is 9.90 Å². The fourth-order valence-electron chi connectivity index (χ4n) is 4.12. The number of amides is 1. The van der Waals surface area contributed by atoms with E-state index < -0.39 is 0 Å². The van der Waals surface area contributed by atoms with Gasteiger partial charge in [0.15, 0.2) is 0 Å². The highest BCUT2D eigenvalue weighted by Gasteiger charge is 2.49. The van der Waals surface area contributed by atoms with Crippen molar-refractivity contribution >= 4 is 5.91 Å². The minimum atomic E-state index is -0.287. The topological polar surface area (TPSA) is 49.8 Å². The van der Waals surface area contributed by atoms with Gasteiger partial charge in [-0.3, -0.25) is 4.79 Å². The molecular weight excluding hydrogens is 314 g/mol. The van der Waals surface area contributed by atoms with Gasteiger partial charge in [0.2, 0.25) is 0 Å². The van der Waals surface area contributed by atoms with Gasteiger partial charge in [-0.05, 0) is 35.6 Å². The predicted molar refractivity (Wildman–Crippen MR) is 96.2 cm³/mol. The molecule has 2 aliphatic heterocycles. The summed E-state index contributed by atoms with van der Waals surface area (Å²) in [6, 6.07) is 17.9. The van der Waals surface area contributed by atoms with Crippen LogP contribution < -0.4 is 0 Å². The van der Waals surface area contributed by atoms with Gasteiger partial charge in [-0.15, -0.1) is 0 Å². The standard InChI is InChI=1S/C21H23NO3/c23-14-21-13-22(12-19(21)9-10-25-15-21)20(24)18-8-4-7-17(11-18)16-5-2-1-3-6-16/h1-8,11,19,23H,9-10,12-15H2/t19-,21+/m0/s1. The molecule has 2 aliphatic rings. The van der Waals surface area contributed by atoms with E-state index in [0.717, 1.165) is 24.2 Å². The first-order valence-electron chi connectivity index (χ1n) is 8.85. The zero-order valence-corrected chi connectivity index (χ0v) is 14.2. The van der Waals surface area contributed by atoms with E-state index in [-0.39, 0.29) is 17.9 Å². The maximum absolute atomic E-state index is 13.0. The second kappa shape index (κ2) is 6.62. The molecule has 0 aromatic heterocycles. The highest BCUT2D eigenvalue weighted by molar-refractivity contribution is 5.95. The molecule has 130 valence electrons. The number of likely N-dealkylation sites (tertiary alicyclic amines) is 1. The van der Waals surface area contributed by atoms with Crippen LogP contribution in [-0.2, 0) is 4.74 Å². The molecular formula is C21H23NO3. The van der Waals surface area contributed by atoms with Crippen molar-refractivity contribution < 1.29 is 14.6 Å². The van der Waals surface area contributed by atoms with Gasteiger partial charge in [0.25, 0.3) is 5.91 Å². The molecule has 4 heteroatoms. The zero-order valence-electron chi connectivity index (χ0n) is 14.2. The fourth-order valence-corrected chi connectivity index (χ4v) is 4.12. The lowest BCUT2D eigenvalue weighted by Crippen LogP contribution is -2.43. The third-order valence-electron chi connectivity index (χ3n) is 5.63. The van der Waals surface area contributed by atoms with Crippen LogP contribution >= 0.6 is 0 Å². The molecule has 2 fully saturated rings. The lowest BCUT2D eigenvalue weighted by atomic mass is 9.76. The average Bonchev–Trinajstić information content (AvgIpc) is 3.08. The van der Waals surface area contributed by atoms with Crippen molar-refractivity contribution in [1.29, 1.82) is 0 Å². The smallest absolute Gasteiger partial charge is 0.253 e. The molecule has 1 amide bonds. The average molecular weight is 337 g/mol. The van der Waals surface area contributed by atoms with E-state index in [0.29, 0.717) is 31.2 Å². The fraction of sp³-hybridized carbons (Fsp3) is 0.381. The number of carbonyl (C=O) groups is 1. The van der Waals surface area contributed by atoms with Crippen LogP contribution in [0.15, 0.2) is 54.6 Å². The Balaban J connectivity index is 1.58. The van der Waals surface area contributed by atoms with Crippen molar-refractivity contribution in [2.45, 2.75) is 6.42 Å². The van der Waals surface area contributed by atoms with Crippen LogP contribution in [0.25, 0.3) is 11.1 Å². The minimum absolute atomic E-state index is 0.0417. The highest BCUT2D eigenvalue weighted by Crippen LogP contribution is 2.41. The molecule has 0 radical (unpaired) electrons.